The minimum Gasteiger partial charge on any atom is -0.492 e. The SMILES string of the molecule is Cn1c(=N)n(CCOc2ccc3ccccc3c2)c2ccccc21. The van der Waals surface area contributed by atoms with Crippen molar-refractivity contribution in [2.24, 2.45) is 7.05 Å². The first-order valence-corrected chi connectivity index (χ1v) is 8.04. The second-order valence-corrected chi connectivity index (χ2v) is 5.88. The highest BCUT2D eigenvalue weighted by Gasteiger charge is 2.07. The third-order valence-corrected chi connectivity index (χ3v) is 4.41. The Hall–Kier alpha value is -3.01. The minimum absolute atomic E-state index is 0.485. The van der Waals surface area contributed by atoms with Crippen LogP contribution in [-0.4, -0.2) is 15.7 Å². The number of nitrogens with zero attached hydrogens (tertiary/aromatic N) is 2. The molecule has 4 aromatic rings. The first-order valence-electron chi connectivity index (χ1n) is 8.04. The fraction of sp³-hybridized carbons (Fsp3) is 0.150. The Morgan fingerprint density at radius 1 is 0.875 bits per heavy atom. The van der Waals surface area contributed by atoms with Gasteiger partial charge in [0.2, 0.25) is 5.62 Å². The number of ether oxygens (including phenoxy) is 1. The highest BCUT2D eigenvalue weighted by atomic mass is 16.5. The van der Waals surface area contributed by atoms with Crippen molar-refractivity contribution in [3.05, 3.63) is 72.3 Å². The van der Waals surface area contributed by atoms with Gasteiger partial charge >= 0.3 is 0 Å². The molecule has 4 rings (SSSR count). The Bertz CT molecular complexity index is 1080. The molecule has 1 heterocycles. The maximum atomic E-state index is 8.28. The molecule has 0 fully saturated rings. The highest BCUT2D eigenvalue weighted by Crippen LogP contribution is 2.20. The average molecular weight is 317 g/mol. The number of imidazole rings is 1. The number of benzene rings is 3. The Morgan fingerprint density at radius 3 is 2.42 bits per heavy atom. The van der Waals surface area contributed by atoms with Gasteiger partial charge in [0, 0.05) is 7.05 Å². The number of hydrogen-bond donors (Lipinski definition) is 1. The summed E-state index contributed by atoms with van der Waals surface area (Å²) >= 11 is 0. The molecule has 4 nitrogen and oxygen atoms in total. The lowest BCUT2D eigenvalue weighted by Gasteiger charge is -2.09. The Morgan fingerprint density at radius 2 is 1.58 bits per heavy atom. The number of aromatic nitrogens is 2. The number of aryl methyl sites for hydroxylation is 1. The molecule has 0 amide bonds. The molecule has 120 valence electrons. The van der Waals surface area contributed by atoms with E-state index in [9.17, 15) is 0 Å². The van der Waals surface area contributed by atoms with Gasteiger partial charge in [-0.05, 0) is 35.0 Å². The second-order valence-electron chi connectivity index (χ2n) is 5.88. The summed E-state index contributed by atoms with van der Waals surface area (Å²) < 4.78 is 9.79. The van der Waals surface area contributed by atoms with Crippen LogP contribution < -0.4 is 10.4 Å². The standard InChI is InChI=1S/C20H19N3O/c1-22-18-8-4-5-9-19(18)23(20(22)21)12-13-24-17-11-10-15-6-2-3-7-16(15)14-17/h2-11,14,21H,12-13H2,1H3. The summed E-state index contributed by atoms with van der Waals surface area (Å²) in [6.07, 6.45) is 0. The van der Waals surface area contributed by atoms with Gasteiger partial charge in [0.1, 0.15) is 12.4 Å². The molecular weight excluding hydrogens is 298 g/mol. The molecule has 0 bridgehead atoms. The Labute approximate surface area is 140 Å². The molecule has 0 saturated carbocycles. The van der Waals surface area contributed by atoms with E-state index in [-0.39, 0.29) is 0 Å². The topological polar surface area (TPSA) is 42.9 Å². The number of fused-ring (bicyclic) bond motifs is 2. The summed E-state index contributed by atoms with van der Waals surface area (Å²) in [5.74, 6) is 0.862. The van der Waals surface area contributed by atoms with Gasteiger partial charge in [-0.3, -0.25) is 5.41 Å². The lowest BCUT2D eigenvalue weighted by molar-refractivity contribution is 0.297. The van der Waals surface area contributed by atoms with E-state index in [1.54, 1.807) is 0 Å². The van der Waals surface area contributed by atoms with Gasteiger partial charge in [-0.15, -0.1) is 0 Å². The molecule has 0 aliphatic carbocycles. The van der Waals surface area contributed by atoms with Crippen LogP contribution in [0.15, 0.2) is 66.7 Å². The van der Waals surface area contributed by atoms with E-state index < -0.39 is 0 Å². The molecule has 0 saturated heterocycles. The zero-order chi connectivity index (χ0) is 16.5. The average Bonchev–Trinajstić information content (AvgIpc) is 2.87. The van der Waals surface area contributed by atoms with Gasteiger partial charge in [-0.2, -0.15) is 0 Å². The van der Waals surface area contributed by atoms with E-state index in [0.29, 0.717) is 18.8 Å². The Kier molecular flexibility index (Phi) is 3.58. The summed E-state index contributed by atoms with van der Waals surface area (Å²) in [4.78, 5) is 0. The monoisotopic (exact) mass is 317 g/mol. The lowest BCUT2D eigenvalue weighted by atomic mass is 10.1. The summed E-state index contributed by atoms with van der Waals surface area (Å²) in [6, 6.07) is 22.5. The zero-order valence-corrected chi connectivity index (χ0v) is 13.6. The third-order valence-electron chi connectivity index (χ3n) is 4.41. The van der Waals surface area contributed by atoms with Crippen molar-refractivity contribution in [3.8, 4) is 5.75 Å². The van der Waals surface area contributed by atoms with Crippen LogP contribution >= 0.6 is 0 Å². The van der Waals surface area contributed by atoms with Gasteiger partial charge in [0.25, 0.3) is 0 Å². The molecule has 0 radical (unpaired) electrons. The van der Waals surface area contributed by atoms with Crippen molar-refractivity contribution < 1.29 is 4.74 Å². The van der Waals surface area contributed by atoms with Crippen LogP contribution in [0.3, 0.4) is 0 Å². The number of para-hydroxylation sites is 2. The van der Waals surface area contributed by atoms with Crippen LogP contribution in [0.4, 0.5) is 0 Å². The van der Waals surface area contributed by atoms with Crippen LogP contribution in [-0.2, 0) is 13.6 Å². The quantitative estimate of drug-likeness (QED) is 0.613. The molecular formula is C20H19N3O. The largest absolute Gasteiger partial charge is 0.492 e. The van der Waals surface area contributed by atoms with Crippen LogP contribution in [0.5, 0.6) is 5.75 Å². The fourth-order valence-corrected chi connectivity index (χ4v) is 3.12. The van der Waals surface area contributed by atoms with Crippen molar-refractivity contribution in [1.29, 1.82) is 5.41 Å². The van der Waals surface area contributed by atoms with Crippen LogP contribution in [0, 0.1) is 5.41 Å². The smallest absolute Gasteiger partial charge is 0.202 e. The van der Waals surface area contributed by atoms with E-state index in [2.05, 4.69) is 24.3 Å². The van der Waals surface area contributed by atoms with Crippen molar-refractivity contribution in [2.75, 3.05) is 6.61 Å². The normalized spacial score (nSPS) is 11.2. The predicted octanol–water partition coefficient (Wildman–Crippen LogP) is 3.69. The number of hydrogen-bond acceptors (Lipinski definition) is 2. The highest BCUT2D eigenvalue weighted by molar-refractivity contribution is 5.83. The van der Waals surface area contributed by atoms with Gasteiger partial charge in [-0.1, -0.05) is 42.5 Å². The molecule has 1 aromatic heterocycles. The lowest BCUT2D eigenvalue weighted by Crippen LogP contribution is -2.24. The fourth-order valence-electron chi connectivity index (χ4n) is 3.12. The van der Waals surface area contributed by atoms with E-state index >= 15 is 0 Å². The number of nitrogens with one attached hydrogen (secondary N) is 1. The Balaban J connectivity index is 1.55. The van der Waals surface area contributed by atoms with E-state index in [0.717, 1.165) is 16.8 Å². The molecule has 0 unspecified atom stereocenters. The first kappa shape index (κ1) is 14.6. The summed E-state index contributed by atoms with van der Waals surface area (Å²) in [6.45, 7) is 1.18. The molecule has 3 aromatic carbocycles. The maximum Gasteiger partial charge on any atom is 0.202 e. The zero-order valence-electron chi connectivity index (χ0n) is 13.6. The maximum absolute atomic E-state index is 8.28. The van der Waals surface area contributed by atoms with Crippen molar-refractivity contribution >= 4 is 21.8 Å². The molecule has 0 spiro atoms. The van der Waals surface area contributed by atoms with Crippen molar-refractivity contribution in [2.45, 2.75) is 6.54 Å². The van der Waals surface area contributed by atoms with Crippen LogP contribution in [0.25, 0.3) is 21.8 Å². The minimum atomic E-state index is 0.485. The second kappa shape index (κ2) is 5.89. The van der Waals surface area contributed by atoms with Crippen LogP contribution in [0.2, 0.25) is 0 Å². The van der Waals surface area contributed by atoms with Gasteiger partial charge < -0.3 is 13.9 Å². The molecule has 1 N–H and O–H groups in total. The molecule has 0 aliphatic heterocycles. The van der Waals surface area contributed by atoms with Gasteiger partial charge in [0.05, 0.1) is 17.6 Å². The predicted molar refractivity (Wildman–Crippen MR) is 96.2 cm³/mol. The van der Waals surface area contributed by atoms with Gasteiger partial charge in [0.15, 0.2) is 0 Å². The number of rotatable bonds is 4. The van der Waals surface area contributed by atoms with Gasteiger partial charge in [-0.25, -0.2) is 0 Å². The van der Waals surface area contributed by atoms with E-state index in [1.165, 1.54) is 10.8 Å². The van der Waals surface area contributed by atoms with Crippen LogP contribution in [0.1, 0.15) is 0 Å². The summed E-state index contributed by atoms with van der Waals surface area (Å²) in [7, 11) is 1.92. The van der Waals surface area contributed by atoms with Crippen molar-refractivity contribution in [1.82, 2.24) is 9.13 Å². The molecule has 4 heteroatoms. The molecule has 0 aliphatic rings. The summed E-state index contributed by atoms with van der Waals surface area (Å²) in [5, 5.41) is 10.7. The molecule has 24 heavy (non-hydrogen) atoms. The third kappa shape index (κ3) is 2.46. The van der Waals surface area contributed by atoms with E-state index in [4.69, 9.17) is 10.1 Å². The first-order chi connectivity index (χ1) is 11.7. The van der Waals surface area contributed by atoms with Crippen molar-refractivity contribution in [3.63, 3.8) is 0 Å². The van der Waals surface area contributed by atoms with E-state index in [1.807, 2.05) is 58.6 Å². The molecule has 0 atom stereocenters. The summed E-state index contributed by atoms with van der Waals surface area (Å²) in [5.41, 5.74) is 2.61.